The minimum atomic E-state index is -5.08. The van der Waals surface area contributed by atoms with Crippen LogP contribution in [0.2, 0.25) is 0 Å². The standard InChI is InChI=1S/C23H28F3N7O3.2C2HF3O2/c1-33(18-15-30-22(32-21(18)35)31-19-5-2-3-12-29-19)20(34)10-14-27-11-4-13-28-16-6-8-17(9-7-16)36-23(24,25)26;2*3-2(4,5)1(6)7/h2-3,5-9,12,18,27-28H,4,10-11,13-15H2,1H3,(H2,29,30,31,32,35);2*(H,6,7). The van der Waals surface area contributed by atoms with Crippen LogP contribution in [0.25, 0.3) is 0 Å². The topological polar surface area (TPSA) is 195 Å². The lowest BCUT2D eigenvalue weighted by Crippen LogP contribution is -2.55. The summed E-state index contributed by atoms with van der Waals surface area (Å²) in [7, 11) is 1.58. The molecule has 2 heterocycles. The molecule has 0 radical (unpaired) electrons. The summed E-state index contributed by atoms with van der Waals surface area (Å²) in [6, 6.07) is 10.1. The van der Waals surface area contributed by atoms with Gasteiger partial charge < -0.3 is 35.8 Å². The highest BCUT2D eigenvalue weighted by Crippen LogP contribution is 2.24. The molecule has 14 nitrogen and oxygen atoms in total. The van der Waals surface area contributed by atoms with Gasteiger partial charge in [0.1, 0.15) is 17.6 Å². The molecule has 0 saturated carbocycles. The Hall–Kier alpha value is -5.35. The third kappa shape index (κ3) is 17.7. The number of carboxylic acids is 2. The van der Waals surface area contributed by atoms with Gasteiger partial charge in [0.15, 0.2) is 0 Å². The highest BCUT2D eigenvalue weighted by atomic mass is 19.4. The number of guanidine groups is 1. The van der Waals surface area contributed by atoms with E-state index in [1.54, 1.807) is 31.4 Å². The molecule has 0 bridgehead atoms. The highest BCUT2D eigenvalue weighted by molar-refractivity contribution is 6.07. The fourth-order valence-corrected chi connectivity index (χ4v) is 3.32. The fourth-order valence-electron chi connectivity index (χ4n) is 3.32. The lowest BCUT2D eigenvalue weighted by molar-refractivity contribution is -0.274. The predicted octanol–water partition coefficient (Wildman–Crippen LogP) is 3.45. The second-order valence-electron chi connectivity index (χ2n) is 9.50. The van der Waals surface area contributed by atoms with Crippen LogP contribution in [0.5, 0.6) is 5.75 Å². The number of aliphatic imine (C=N–C) groups is 1. The largest absolute Gasteiger partial charge is 0.573 e. The quantitative estimate of drug-likeness (QED) is 0.146. The summed E-state index contributed by atoms with van der Waals surface area (Å²) < 4.78 is 104. The summed E-state index contributed by atoms with van der Waals surface area (Å²) >= 11 is 0. The molecule has 0 aliphatic carbocycles. The zero-order chi connectivity index (χ0) is 38.1. The Morgan fingerprint density at radius 3 is 1.98 bits per heavy atom. The van der Waals surface area contributed by atoms with Crippen LogP contribution < -0.4 is 26.0 Å². The summed E-state index contributed by atoms with van der Waals surface area (Å²) in [6.07, 6.45) is -12.3. The predicted molar refractivity (Wildman–Crippen MR) is 156 cm³/mol. The second-order valence-corrected chi connectivity index (χ2v) is 9.50. The number of halogens is 9. The molecule has 6 N–H and O–H groups in total. The number of pyridine rings is 1. The summed E-state index contributed by atoms with van der Waals surface area (Å²) in [5, 5.41) is 26.1. The Morgan fingerprint density at radius 1 is 0.920 bits per heavy atom. The second kappa shape index (κ2) is 19.6. The van der Waals surface area contributed by atoms with Crippen LogP contribution in [0, 0.1) is 0 Å². The van der Waals surface area contributed by atoms with E-state index in [1.165, 1.54) is 29.2 Å². The normalized spacial score (nSPS) is 14.3. The summed E-state index contributed by atoms with van der Waals surface area (Å²) in [4.78, 5) is 52.5. The van der Waals surface area contributed by atoms with E-state index in [0.29, 0.717) is 31.1 Å². The molecule has 50 heavy (non-hydrogen) atoms. The average Bonchev–Trinajstić information content (AvgIpc) is 3.00. The molecule has 1 aromatic heterocycles. The van der Waals surface area contributed by atoms with Gasteiger partial charge in [0, 0.05) is 38.4 Å². The maximum atomic E-state index is 12.5. The Kier molecular flexibility index (Phi) is 16.7. The van der Waals surface area contributed by atoms with Crippen LogP contribution in [-0.2, 0) is 19.2 Å². The molecule has 1 unspecified atom stereocenters. The van der Waals surface area contributed by atoms with Crippen molar-refractivity contribution in [1.29, 1.82) is 0 Å². The molecule has 2 amide bonds. The van der Waals surface area contributed by atoms with Gasteiger partial charge in [-0.15, -0.1) is 13.2 Å². The number of ether oxygens (including phenoxy) is 1. The molecule has 1 aliphatic rings. The number of rotatable bonds is 11. The fraction of sp³-hybridized carbons (Fsp3) is 0.407. The first kappa shape index (κ1) is 42.7. The number of hydrogen-bond donors (Lipinski definition) is 6. The van der Waals surface area contributed by atoms with Gasteiger partial charge in [-0.2, -0.15) is 26.3 Å². The van der Waals surface area contributed by atoms with Gasteiger partial charge in [-0.3, -0.25) is 14.9 Å². The Bertz CT molecular complexity index is 1400. The van der Waals surface area contributed by atoms with Gasteiger partial charge in [0.05, 0.1) is 6.54 Å². The van der Waals surface area contributed by atoms with Crippen LogP contribution in [0.15, 0.2) is 53.7 Å². The minimum absolute atomic E-state index is 0.144. The number of carboxylic acid groups (broad SMARTS) is 2. The molecule has 0 spiro atoms. The molecule has 1 aliphatic heterocycles. The van der Waals surface area contributed by atoms with Gasteiger partial charge in [0.2, 0.25) is 11.9 Å². The van der Waals surface area contributed by atoms with Crippen LogP contribution in [0.1, 0.15) is 12.8 Å². The zero-order valence-electron chi connectivity index (χ0n) is 25.6. The molecular weight excluding hydrogens is 705 g/mol. The minimum Gasteiger partial charge on any atom is -0.475 e. The maximum absolute atomic E-state index is 12.5. The average molecular weight is 736 g/mol. The van der Waals surface area contributed by atoms with Crippen LogP contribution in [-0.4, -0.2) is 108 Å². The third-order valence-corrected chi connectivity index (χ3v) is 5.69. The molecule has 278 valence electrons. The van der Waals surface area contributed by atoms with E-state index in [4.69, 9.17) is 19.8 Å². The number of nitrogens with one attached hydrogen (secondary N) is 4. The summed E-state index contributed by atoms with van der Waals surface area (Å²) in [5.74, 6) is -5.45. The number of carbonyl (C=O) groups excluding carboxylic acids is 2. The Morgan fingerprint density at radius 2 is 1.50 bits per heavy atom. The van der Waals surface area contributed by atoms with E-state index in [1.807, 2.05) is 0 Å². The molecule has 23 heteroatoms. The molecule has 1 aromatic carbocycles. The first-order chi connectivity index (χ1) is 23.1. The number of alkyl halides is 9. The van der Waals surface area contributed by atoms with E-state index in [0.717, 1.165) is 6.42 Å². The van der Waals surface area contributed by atoms with Gasteiger partial charge in [-0.05, 0) is 49.4 Å². The zero-order valence-corrected chi connectivity index (χ0v) is 25.6. The van der Waals surface area contributed by atoms with Crippen molar-refractivity contribution >= 4 is 41.2 Å². The van der Waals surface area contributed by atoms with Gasteiger partial charge in [-0.1, -0.05) is 6.07 Å². The number of hydrogen-bond acceptors (Lipinski definition) is 10. The van der Waals surface area contributed by atoms with Crippen molar-refractivity contribution in [3.8, 4) is 5.75 Å². The van der Waals surface area contributed by atoms with Gasteiger partial charge >= 0.3 is 30.7 Å². The monoisotopic (exact) mass is 735 g/mol. The molecule has 3 rings (SSSR count). The number of aliphatic carboxylic acids is 2. The van der Waals surface area contributed by atoms with Crippen LogP contribution in [0.3, 0.4) is 0 Å². The number of benzene rings is 1. The van der Waals surface area contributed by atoms with Crippen molar-refractivity contribution < 1.29 is 73.6 Å². The summed E-state index contributed by atoms with van der Waals surface area (Å²) in [5.41, 5.74) is 0.674. The van der Waals surface area contributed by atoms with Crippen molar-refractivity contribution in [3.63, 3.8) is 0 Å². The number of anilines is 2. The molecule has 1 atom stereocenters. The van der Waals surface area contributed by atoms with Crippen LogP contribution in [0.4, 0.5) is 51.0 Å². The van der Waals surface area contributed by atoms with E-state index in [9.17, 15) is 49.1 Å². The lowest BCUT2D eigenvalue weighted by Gasteiger charge is -2.29. The molecule has 0 fully saturated rings. The number of aromatic nitrogens is 1. The van der Waals surface area contributed by atoms with Crippen molar-refractivity contribution in [2.24, 2.45) is 4.99 Å². The third-order valence-electron chi connectivity index (χ3n) is 5.69. The SMILES string of the molecule is CN(C(=O)CCNCCCNc1ccc(OC(F)(F)F)cc1)C1CN=C(Nc2ccccn2)NC1=O.O=C(O)C(F)(F)F.O=C(O)C(F)(F)F. The van der Waals surface area contributed by atoms with E-state index >= 15 is 0 Å². The molecular formula is C27H30F9N7O7. The van der Waals surface area contributed by atoms with Crippen molar-refractivity contribution in [2.75, 3.05) is 43.9 Å². The number of amides is 2. The maximum Gasteiger partial charge on any atom is 0.573 e. The Labute approximate surface area is 276 Å². The number of carbonyl (C=O) groups is 4. The molecule has 0 saturated heterocycles. The highest BCUT2D eigenvalue weighted by Gasteiger charge is 2.39. The van der Waals surface area contributed by atoms with E-state index in [-0.39, 0.29) is 36.5 Å². The number of likely N-dealkylation sites (N-methyl/N-ethyl adjacent to an activating group) is 1. The number of nitrogens with zero attached hydrogens (tertiary/aromatic N) is 3. The van der Waals surface area contributed by atoms with E-state index < -0.39 is 36.7 Å². The smallest absolute Gasteiger partial charge is 0.475 e. The first-order valence-corrected chi connectivity index (χ1v) is 13.8. The molecule has 2 aromatic rings. The van der Waals surface area contributed by atoms with E-state index in [2.05, 4.69) is 36.0 Å². The lowest BCUT2D eigenvalue weighted by atomic mass is 10.2. The van der Waals surface area contributed by atoms with Gasteiger partial charge in [0.25, 0.3) is 5.91 Å². The summed E-state index contributed by atoms with van der Waals surface area (Å²) in [6.45, 7) is 1.81. The Balaban J connectivity index is 0.000000748. The van der Waals surface area contributed by atoms with Crippen molar-refractivity contribution in [3.05, 3.63) is 48.7 Å². The van der Waals surface area contributed by atoms with Crippen molar-refractivity contribution in [2.45, 2.75) is 37.6 Å². The van der Waals surface area contributed by atoms with Gasteiger partial charge in [-0.25, -0.2) is 19.6 Å². The first-order valence-electron chi connectivity index (χ1n) is 13.8. The van der Waals surface area contributed by atoms with Crippen LogP contribution >= 0.6 is 0 Å². The van der Waals surface area contributed by atoms with Crippen molar-refractivity contribution in [1.82, 2.24) is 20.5 Å².